The van der Waals surface area contributed by atoms with Gasteiger partial charge in [-0.05, 0) is 30.7 Å². The molecule has 0 spiro atoms. The van der Waals surface area contributed by atoms with E-state index in [1.165, 1.54) is 0 Å². The van der Waals surface area contributed by atoms with Gasteiger partial charge in [0.2, 0.25) is 0 Å². The number of nitrogens with one attached hydrogen (secondary N) is 2. The standard InChI is InChI=1S/C11H15N3O3/c12-8-3-5-9(6-4-8)14-11(17)13-7-1-2-10(15)16/h3-6H,1-2,7,12H2,(H,15,16)(H2,13,14,17). The Hall–Kier alpha value is -2.24. The number of hydrogen-bond donors (Lipinski definition) is 4. The highest BCUT2D eigenvalue weighted by Gasteiger charge is 2.01. The highest BCUT2D eigenvalue weighted by Crippen LogP contribution is 2.09. The third-order valence-electron chi connectivity index (χ3n) is 2.02. The van der Waals surface area contributed by atoms with E-state index in [1.54, 1.807) is 24.3 Å². The van der Waals surface area contributed by atoms with Gasteiger partial charge in [0, 0.05) is 24.3 Å². The van der Waals surface area contributed by atoms with Crippen LogP contribution in [-0.4, -0.2) is 23.7 Å². The molecule has 0 bridgehead atoms. The first kappa shape index (κ1) is 12.8. The van der Waals surface area contributed by atoms with Crippen molar-refractivity contribution in [1.82, 2.24) is 5.32 Å². The normalized spacial score (nSPS) is 9.65. The molecular formula is C11H15N3O3. The number of urea groups is 1. The Labute approximate surface area is 98.8 Å². The average Bonchev–Trinajstić information content (AvgIpc) is 2.27. The van der Waals surface area contributed by atoms with Gasteiger partial charge in [-0.1, -0.05) is 0 Å². The van der Waals surface area contributed by atoms with Crippen LogP contribution in [0.15, 0.2) is 24.3 Å². The van der Waals surface area contributed by atoms with Gasteiger partial charge in [-0.15, -0.1) is 0 Å². The highest BCUT2D eigenvalue weighted by molar-refractivity contribution is 5.89. The molecule has 1 aromatic carbocycles. The van der Waals surface area contributed by atoms with E-state index in [-0.39, 0.29) is 12.5 Å². The predicted octanol–water partition coefficient (Wildman–Crippen LogP) is 1.26. The molecule has 92 valence electrons. The minimum atomic E-state index is -0.870. The molecule has 5 N–H and O–H groups in total. The van der Waals surface area contributed by atoms with Gasteiger partial charge in [0.1, 0.15) is 0 Å². The van der Waals surface area contributed by atoms with Gasteiger partial charge in [0.15, 0.2) is 0 Å². The van der Waals surface area contributed by atoms with E-state index in [0.717, 1.165) is 0 Å². The largest absolute Gasteiger partial charge is 0.481 e. The molecule has 0 fully saturated rings. The van der Waals surface area contributed by atoms with Crippen molar-refractivity contribution in [2.75, 3.05) is 17.6 Å². The Morgan fingerprint density at radius 1 is 1.24 bits per heavy atom. The number of carbonyl (C=O) groups is 2. The molecule has 0 aliphatic carbocycles. The first-order valence-electron chi connectivity index (χ1n) is 5.20. The van der Waals surface area contributed by atoms with E-state index in [1.807, 2.05) is 0 Å². The SMILES string of the molecule is Nc1ccc(NC(=O)NCCCC(=O)O)cc1. The molecule has 6 nitrogen and oxygen atoms in total. The van der Waals surface area contributed by atoms with Crippen LogP contribution in [0.3, 0.4) is 0 Å². The molecule has 1 aromatic rings. The van der Waals surface area contributed by atoms with Crippen molar-refractivity contribution in [2.45, 2.75) is 12.8 Å². The number of aliphatic carboxylic acids is 1. The number of nitrogens with two attached hydrogens (primary N) is 1. The van der Waals surface area contributed by atoms with E-state index >= 15 is 0 Å². The maximum Gasteiger partial charge on any atom is 0.319 e. The van der Waals surface area contributed by atoms with Crippen molar-refractivity contribution >= 4 is 23.4 Å². The van der Waals surface area contributed by atoms with Crippen LogP contribution in [0.5, 0.6) is 0 Å². The second-order valence-electron chi connectivity index (χ2n) is 3.50. The van der Waals surface area contributed by atoms with Crippen molar-refractivity contribution in [1.29, 1.82) is 0 Å². The summed E-state index contributed by atoms with van der Waals surface area (Å²) in [7, 11) is 0. The van der Waals surface area contributed by atoms with Crippen molar-refractivity contribution in [3.63, 3.8) is 0 Å². The molecule has 6 heteroatoms. The zero-order valence-corrected chi connectivity index (χ0v) is 9.27. The summed E-state index contributed by atoms with van der Waals surface area (Å²) in [4.78, 5) is 21.6. The van der Waals surface area contributed by atoms with Gasteiger partial charge in [0.05, 0.1) is 0 Å². The molecule has 0 unspecified atom stereocenters. The first-order chi connectivity index (χ1) is 8.08. The number of carboxylic acid groups (broad SMARTS) is 1. The van der Waals surface area contributed by atoms with Crippen molar-refractivity contribution in [2.24, 2.45) is 0 Å². The second kappa shape index (κ2) is 6.37. The number of amides is 2. The van der Waals surface area contributed by atoms with Gasteiger partial charge >= 0.3 is 12.0 Å². The number of carboxylic acids is 1. The topological polar surface area (TPSA) is 104 Å². The third-order valence-corrected chi connectivity index (χ3v) is 2.02. The fourth-order valence-corrected chi connectivity index (χ4v) is 1.18. The average molecular weight is 237 g/mol. The predicted molar refractivity (Wildman–Crippen MR) is 64.7 cm³/mol. The van der Waals surface area contributed by atoms with Crippen LogP contribution < -0.4 is 16.4 Å². The minimum absolute atomic E-state index is 0.0438. The summed E-state index contributed by atoms with van der Waals surface area (Å²) >= 11 is 0. The minimum Gasteiger partial charge on any atom is -0.481 e. The quantitative estimate of drug-likeness (QED) is 0.457. The van der Waals surface area contributed by atoms with Gasteiger partial charge in [-0.3, -0.25) is 4.79 Å². The zero-order valence-electron chi connectivity index (χ0n) is 9.27. The first-order valence-corrected chi connectivity index (χ1v) is 5.20. The van der Waals surface area contributed by atoms with Gasteiger partial charge in [-0.25, -0.2) is 4.79 Å². The molecule has 0 heterocycles. The van der Waals surface area contributed by atoms with Crippen molar-refractivity contribution in [3.8, 4) is 0 Å². The fourth-order valence-electron chi connectivity index (χ4n) is 1.18. The van der Waals surface area contributed by atoms with E-state index in [0.29, 0.717) is 24.3 Å². The van der Waals surface area contributed by atoms with Crippen LogP contribution in [0.2, 0.25) is 0 Å². The Bertz CT molecular complexity index is 389. The summed E-state index contributed by atoms with van der Waals surface area (Å²) in [5.41, 5.74) is 6.76. The summed E-state index contributed by atoms with van der Waals surface area (Å²) in [6, 6.07) is 6.37. The summed E-state index contributed by atoms with van der Waals surface area (Å²) in [5, 5.41) is 13.6. The van der Waals surface area contributed by atoms with Gasteiger partial charge in [-0.2, -0.15) is 0 Å². The van der Waals surface area contributed by atoms with E-state index in [2.05, 4.69) is 10.6 Å². The van der Waals surface area contributed by atoms with Crippen LogP contribution in [0.1, 0.15) is 12.8 Å². The van der Waals surface area contributed by atoms with E-state index in [9.17, 15) is 9.59 Å². The number of nitrogen functional groups attached to an aromatic ring is 1. The lowest BCUT2D eigenvalue weighted by Crippen LogP contribution is -2.29. The van der Waals surface area contributed by atoms with Crippen LogP contribution >= 0.6 is 0 Å². The number of carbonyl (C=O) groups excluding carboxylic acids is 1. The lowest BCUT2D eigenvalue weighted by atomic mass is 10.3. The Morgan fingerprint density at radius 2 is 1.88 bits per heavy atom. The molecule has 0 radical (unpaired) electrons. The molecule has 2 amide bonds. The lowest BCUT2D eigenvalue weighted by Gasteiger charge is -2.07. The highest BCUT2D eigenvalue weighted by atomic mass is 16.4. The Morgan fingerprint density at radius 3 is 2.47 bits per heavy atom. The molecular weight excluding hydrogens is 222 g/mol. The monoisotopic (exact) mass is 237 g/mol. The smallest absolute Gasteiger partial charge is 0.319 e. The third kappa shape index (κ3) is 5.41. The lowest BCUT2D eigenvalue weighted by molar-refractivity contribution is -0.137. The molecule has 0 aromatic heterocycles. The van der Waals surface area contributed by atoms with Gasteiger partial charge in [0.25, 0.3) is 0 Å². The van der Waals surface area contributed by atoms with Crippen molar-refractivity contribution in [3.05, 3.63) is 24.3 Å². The van der Waals surface area contributed by atoms with E-state index in [4.69, 9.17) is 10.8 Å². The molecule has 0 aliphatic rings. The van der Waals surface area contributed by atoms with Crippen LogP contribution in [0, 0.1) is 0 Å². The van der Waals surface area contributed by atoms with Gasteiger partial charge < -0.3 is 21.5 Å². The van der Waals surface area contributed by atoms with E-state index < -0.39 is 5.97 Å². The zero-order chi connectivity index (χ0) is 12.7. The second-order valence-corrected chi connectivity index (χ2v) is 3.50. The number of hydrogen-bond acceptors (Lipinski definition) is 3. The molecule has 1 rings (SSSR count). The molecule has 0 atom stereocenters. The summed E-state index contributed by atoms with van der Waals surface area (Å²) in [5.74, 6) is -0.870. The maximum absolute atomic E-state index is 11.3. The Kier molecular flexibility index (Phi) is 4.80. The van der Waals surface area contributed by atoms with Crippen LogP contribution in [0.25, 0.3) is 0 Å². The summed E-state index contributed by atoms with van der Waals surface area (Å²) in [6.45, 7) is 0.326. The maximum atomic E-state index is 11.3. The number of rotatable bonds is 5. The number of anilines is 2. The molecule has 0 saturated carbocycles. The Balaban J connectivity index is 2.25. The fraction of sp³-hybridized carbons (Fsp3) is 0.273. The molecule has 0 saturated heterocycles. The molecule has 0 aliphatic heterocycles. The summed E-state index contributed by atoms with van der Waals surface area (Å²) in [6.07, 6.45) is 0.451. The molecule has 17 heavy (non-hydrogen) atoms. The summed E-state index contributed by atoms with van der Waals surface area (Å²) < 4.78 is 0. The number of benzene rings is 1. The van der Waals surface area contributed by atoms with Crippen molar-refractivity contribution < 1.29 is 14.7 Å². The van der Waals surface area contributed by atoms with Crippen LogP contribution in [0.4, 0.5) is 16.2 Å². The van der Waals surface area contributed by atoms with Crippen LogP contribution in [-0.2, 0) is 4.79 Å².